The molecule has 0 heterocycles. The van der Waals surface area contributed by atoms with Crippen LogP contribution in [0.3, 0.4) is 0 Å². The van der Waals surface area contributed by atoms with Gasteiger partial charge in [-0.25, -0.2) is 14.5 Å². The second-order valence-corrected chi connectivity index (χ2v) is 7.30. The predicted molar refractivity (Wildman–Crippen MR) is 153 cm³/mol. The number of nitrogens with one attached hydrogen (secondary N) is 1. The van der Waals surface area contributed by atoms with Crippen LogP contribution in [0.2, 0.25) is 0 Å². The van der Waals surface area contributed by atoms with Crippen molar-refractivity contribution in [3.05, 3.63) is 131 Å². The maximum atomic E-state index is 12.0. The zero-order valence-electron chi connectivity index (χ0n) is 19.6. The molecular weight excluding hydrogens is 480 g/mol. The molecule has 0 saturated carbocycles. The molecule has 0 bridgehead atoms. The number of nitrogens with two attached hydrogens (primary N) is 3. The van der Waals surface area contributed by atoms with Gasteiger partial charge < -0.3 is 27.6 Å². The first kappa shape index (κ1) is 30.2. The molecule has 4 rings (SSSR count). The standard InChI is InChI=1S/C14H11N3O.C8H6N2O2.C6H7N.CH4/c1-16-11-7-8-13(15)12(9-11)14(18)17-10-5-3-2-4-6-10;1-10-5-2-3-7(9)6(4-5)8(11)12;7-6-4-2-1-3-5-6;/h2-9H,15H2,(H,17,18);2-4H,9H2,(H,11,12);1-5H,7H2;1H4. The van der Waals surface area contributed by atoms with Crippen LogP contribution in [-0.2, 0) is 0 Å². The molecule has 1 amide bonds. The lowest BCUT2D eigenvalue weighted by Crippen LogP contribution is -2.13. The molecule has 0 radical (unpaired) electrons. The van der Waals surface area contributed by atoms with Crippen molar-refractivity contribution in [2.45, 2.75) is 7.43 Å². The lowest BCUT2D eigenvalue weighted by molar-refractivity contribution is 0.0698. The largest absolute Gasteiger partial charge is 0.478 e. The third-order valence-electron chi connectivity index (χ3n) is 4.64. The van der Waals surface area contributed by atoms with E-state index in [-0.39, 0.29) is 30.3 Å². The summed E-state index contributed by atoms with van der Waals surface area (Å²) in [6.45, 7) is 13.6. The molecule has 192 valence electrons. The zero-order valence-corrected chi connectivity index (χ0v) is 19.6. The number of aromatic carboxylic acids is 1. The van der Waals surface area contributed by atoms with E-state index in [0.717, 1.165) is 5.69 Å². The van der Waals surface area contributed by atoms with E-state index in [4.69, 9.17) is 35.5 Å². The highest BCUT2D eigenvalue weighted by Gasteiger charge is 2.10. The molecule has 0 saturated heterocycles. The highest BCUT2D eigenvalue weighted by Crippen LogP contribution is 2.21. The monoisotopic (exact) mass is 508 g/mol. The fourth-order valence-corrected chi connectivity index (χ4v) is 2.78. The van der Waals surface area contributed by atoms with E-state index in [9.17, 15) is 9.59 Å². The van der Waals surface area contributed by atoms with Gasteiger partial charge in [-0.3, -0.25) is 4.79 Å². The van der Waals surface area contributed by atoms with Crippen LogP contribution in [0.4, 0.5) is 34.1 Å². The van der Waals surface area contributed by atoms with Crippen molar-refractivity contribution in [3.63, 3.8) is 0 Å². The molecule has 9 nitrogen and oxygen atoms in total. The van der Waals surface area contributed by atoms with Crippen molar-refractivity contribution in [1.82, 2.24) is 0 Å². The van der Waals surface area contributed by atoms with Crippen molar-refractivity contribution in [2.75, 3.05) is 22.5 Å². The second kappa shape index (κ2) is 15.2. The van der Waals surface area contributed by atoms with Crippen LogP contribution >= 0.6 is 0 Å². The van der Waals surface area contributed by atoms with Crippen LogP contribution in [0, 0.1) is 13.1 Å². The Hall–Kier alpha value is -5.80. The van der Waals surface area contributed by atoms with E-state index in [1.54, 1.807) is 24.3 Å². The summed E-state index contributed by atoms with van der Waals surface area (Å²) in [5, 5.41) is 11.3. The summed E-state index contributed by atoms with van der Waals surface area (Å²) in [6, 6.07) is 27.4. The van der Waals surface area contributed by atoms with Crippen molar-refractivity contribution in [1.29, 1.82) is 0 Å². The molecule has 0 atom stereocenters. The van der Waals surface area contributed by atoms with Crippen molar-refractivity contribution in [3.8, 4) is 0 Å². The minimum Gasteiger partial charge on any atom is -0.478 e. The molecule has 4 aromatic rings. The molecular formula is C29H28N6O3. The van der Waals surface area contributed by atoms with Gasteiger partial charge in [0.1, 0.15) is 0 Å². The normalized spacial score (nSPS) is 8.89. The van der Waals surface area contributed by atoms with Crippen LogP contribution in [-0.4, -0.2) is 17.0 Å². The van der Waals surface area contributed by atoms with Gasteiger partial charge in [0.15, 0.2) is 11.4 Å². The average Bonchev–Trinajstić information content (AvgIpc) is 2.91. The number of carbonyl (C=O) groups is 2. The SMILES string of the molecule is C.Nc1ccccc1.[C-]#[N+]c1ccc(N)c(C(=O)Nc2ccccc2)c1.[C-]#[N+]c1ccc(N)c(C(=O)O)c1. The molecule has 0 spiro atoms. The Bertz CT molecular complexity index is 1440. The summed E-state index contributed by atoms with van der Waals surface area (Å²) >= 11 is 0. The third kappa shape index (κ3) is 9.45. The van der Waals surface area contributed by atoms with E-state index in [2.05, 4.69) is 15.0 Å². The first-order valence-electron chi connectivity index (χ1n) is 10.7. The number of nitrogens with zero attached hydrogens (tertiary/aromatic N) is 2. The number of hydrogen-bond acceptors (Lipinski definition) is 5. The molecule has 38 heavy (non-hydrogen) atoms. The first-order chi connectivity index (χ1) is 17.7. The summed E-state index contributed by atoms with van der Waals surface area (Å²) in [5.41, 5.74) is 19.5. The van der Waals surface area contributed by atoms with Crippen molar-refractivity contribution in [2.24, 2.45) is 0 Å². The second-order valence-electron chi connectivity index (χ2n) is 7.30. The zero-order chi connectivity index (χ0) is 27.2. The van der Waals surface area contributed by atoms with E-state index in [0.29, 0.717) is 22.6 Å². The lowest BCUT2D eigenvalue weighted by atomic mass is 10.1. The Labute approximate surface area is 221 Å². The topological polar surface area (TPSA) is 153 Å². The number of carboxylic acid groups (broad SMARTS) is 1. The van der Waals surface area contributed by atoms with Crippen molar-refractivity contribution < 1.29 is 14.7 Å². The van der Waals surface area contributed by atoms with Crippen LogP contribution in [0.5, 0.6) is 0 Å². The van der Waals surface area contributed by atoms with Crippen LogP contribution in [0.1, 0.15) is 28.1 Å². The summed E-state index contributed by atoms with van der Waals surface area (Å²) in [5.74, 6) is -1.43. The molecule has 0 aliphatic carbocycles. The van der Waals surface area contributed by atoms with E-state index in [1.807, 2.05) is 48.5 Å². The Morgan fingerprint density at radius 1 is 0.684 bits per heavy atom. The first-order valence-corrected chi connectivity index (χ1v) is 10.7. The van der Waals surface area contributed by atoms with E-state index >= 15 is 0 Å². The van der Waals surface area contributed by atoms with Crippen LogP contribution in [0.25, 0.3) is 9.69 Å². The number of carbonyl (C=O) groups excluding carboxylic acids is 1. The van der Waals surface area contributed by atoms with Gasteiger partial charge in [-0.1, -0.05) is 56.0 Å². The van der Waals surface area contributed by atoms with E-state index in [1.165, 1.54) is 24.3 Å². The Morgan fingerprint density at radius 3 is 1.55 bits per heavy atom. The molecule has 8 N–H and O–H groups in total. The highest BCUT2D eigenvalue weighted by molar-refractivity contribution is 6.08. The molecule has 0 aliphatic heterocycles. The Morgan fingerprint density at radius 2 is 1.13 bits per heavy atom. The van der Waals surface area contributed by atoms with Crippen molar-refractivity contribution >= 4 is 46.0 Å². The molecule has 9 heteroatoms. The van der Waals surface area contributed by atoms with Gasteiger partial charge in [0, 0.05) is 22.7 Å². The number of anilines is 4. The summed E-state index contributed by atoms with van der Waals surface area (Å²) < 4.78 is 0. The number of benzene rings is 4. The number of nitrogen functional groups attached to an aromatic ring is 3. The third-order valence-corrected chi connectivity index (χ3v) is 4.64. The number of para-hydroxylation sites is 2. The molecule has 4 aromatic carbocycles. The van der Waals surface area contributed by atoms with Gasteiger partial charge in [-0.2, -0.15) is 0 Å². The fraction of sp³-hybridized carbons (Fsp3) is 0.0345. The minimum atomic E-state index is -1.11. The maximum absolute atomic E-state index is 12.0. The Kier molecular flexibility index (Phi) is 12.1. The predicted octanol–water partition coefficient (Wildman–Crippen LogP) is 6.49. The minimum absolute atomic E-state index is 0. The van der Waals surface area contributed by atoms with Gasteiger partial charge in [0.2, 0.25) is 0 Å². The summed E-state index contributed by atoms with van der Waals surface area (Å²) in [4.78, 5) is 28.9. The summed E-state index contributed by atoms with van der Waals surface area (Å²) in [7, 11) is 0. The van der Waals surface area contributed by atoms with E-state index < -0.39 is 5.97 Å². The van der Waals surface area contributed by atoms with Gasteiger partial charge >= 0.3 is 5.97 Å². The number of amides is 1. The molecule has 0 fully saturated rings. The highest BCUT2D eigenvalue weighted by atomic mass is 16.4. The Balaban J connectivity index is 0.000000311. The maximum Gasteiger partial charge on any atom is 0.336 e. The molecule has 0 unspecified atom stereocenters. The van der Waals surface area contributed by atoms with Gasteiger partial charge in [0.25, 0.3) is 5.91 Å². The number of carboxylic acids is 1. The summed E-state index contributed by atoms with van der Waals surface area (Å²) in [6.07, 6.45) is 0. The average molecular weight is 509 g/mol. The number of rotatable bonds is 3. The fourth-order valence-electron chi connectivity index (χ4n) is 2.78. The number of hydrogen-bond donors (Lipinski definition) is 5. The quantitative estimate of drug-likeness (QED) is 0.157. The van der Waals surface area contributed by atoms with Gasteiger partial charge in [-0.15, -0.1) is 0 Å². The smallest absolute Gasteiger partial charge is 0.336 e. The lowest BCUT2D eigenvalue weighted by Gasteiger charge is -2.07. The molecule has 0 aromatic heterocycles. The van der Waals surface area contributed by atoms with Crippen LogP contribution < -0.4 is 22.5 Å². The van der Waals surface area contributed by atoms with Gasteiger partial charge in [-0.05, 0) is 48.5 Å². The van der Waals surface area contributed by atoms with Crippen LogP contribution in [0.15, 0.2) is 97.1 Å². The van der Waals surface area contributed by atoms with Gasteiger partial charge in [0.05, 0.1) is 24.3 Å². The molecule has 0 aliphatic rings.